The summed E-state index contributed by atoms with van der Waals surface area (Å²) in [6.07, 6.45) is 5.30. The van der Waals surface area contributed by atoms with Crippen LogP contribution >= 0.6 is 23.1 Å². The molecule has 0 spiro atoms. The summed E-state index contributed by atoms with van der Waals surface area (Å²) in [7, 11) is 0. The molecule has 0 aliphatic heterocycles. The number of anilines is 2. The minimum atomic E-state index is -0.221. The normalized spacial score (nSPS) is 20.4. The molecule has 6 nitrogen and oxygen atoms in total. The van der Waals surface area contributed by atoms with Crippen molar-refractivity contribution < 1.29 is 4.79 Å². The van der Waals surface area contributed by atoms with E-state index in [-0.39, 0.29) is 5.91 Å². The SMILES string of the molecule is CCSC1CCCC1Nc1ccc(C(=O)Nc2nncs2)cn1. The third-order valence-electron chi connectivity index (χ3n) is 3.77. The molecule has 0 saturated heterocycles. The van der Waals surface area contributed by atoms with Crippen LogP contribution in [-0.2, 0) is 0 Å². The molecule has 122 valence electrons. The van der Waals surface area contributed by atoms with E-state index in [1.54, 1.807) is 17.8 Å². The van der Waals surface area contributed by atoms with Crippen LogP contribution in [0.25, 0.3) is 0 Å². The fourth-order valence-electron chi connectivity index (χ4n) is 2.71. The van der Waals surface area contributed by atoms with E-state index in [1.807, 2.05) is 17.8 Å². The number of aromatic nitrogens is 3. The standard InChI is InChI=1S/C15H19N5OS2/c1-2-22-12-5-3-4-11(12)18-13-7-6-10(8-16-13)14(21)19-15-20-17-9-23-15/h6-9,11-12H,2-5H2,1H3,(H,16,18)(H,19,20,21). The molecule has 2 heterocycles. The Hall–Kier alpha value is -1.67. The molecule has 2 aromatic rings. The monoisotopic (exact) mass is 349 g/mol. The average molecular weight is 349 g/mol. The van der Waals surface area contributed by atoms with Gasteiger partial charge in [-0.05, 0) is 30.7 Å². The molecule has 2 unspecified atom stereocenters. The molecule has 1 aliphatic carbocycles. The highest BCUT2D eigenvalue weighted by Gasteiger charge is 2.27. The molecule has 23 heavy (non-hydrogen) atoms. The number of rotatable bonds is 6. The summed E-state index contributed by atoms with van der Waals surface area (Å²) in [5.74, 6) is 1.74. The number of nitrogens with zero attached hydrogens (tertiary/aromatic N) is 3. The molecule has 3 rings (SSSR count). The van der Waals surface area contributed by atoms with Gasteiger partial charge in [0.15, 0.2) is 0 Å². The second-order valence-corrected chi connectivity index (χ2v) is 7.66. The van der Waals surface area contributed by atoms with Gasteiger partial charge in [0.25, 0.3) is 5.91 Å². The van der Waals surface area contributed by atoms with Crippen LogP contribution in [0.3, 0.4) is 0 Å². The smallest absolute Gasteiger partial charge is 0.259 e. The van der Waals surface area contributed by atoms with Crippen molar-refractivity contribution in [1.29, 1.82) is 0 Å². The van der Waals surface area contributed by atoms with Crippen LogP contribution in [0, 0.1) is 0 Å². The summed E-state index contributed by atoms with van der Waals surface area (Å²) in [4.78, 5) is 16.4. The topological polar surface area (TPSA) is 79.8 Å². The number of carbonyl (C=O) groups is 1. The van der Waals surface area contributed by atoms with Gasteiger partial charge < -0.3 is 5.32 Å². The first-order chi connectivity index (χ1) is 11.3. The Balaban J connectivity index is 1.59. The zero-order valence-corrected chi connectivity index (χ0v) is 14.5. The minimum Gasteiger partial charge on any atom is -0.366 e. The van der Waals surface area contributed by atoms with E-state index in [9.17, 15) is 4.79 Å². The Labute approximate surface area is 143 Å². The summed E-state index contributed by atoms with van der Waals surface area (Å²) in [6, 6.07) is 4.11. The molecule has 0 bridgehead atoms. The quantitative estimate of drug-likeness (QED) is 0.833. The number of thioether (sulfide) groups is 1. The van der Waals surface area contributed by atoms with Gasteiger partial charge in [-0.25, -0.2) is 4.98 Å². The van der Waals surface area contributed by atoms with Crippen molar-refractivity contribution in [2.75, 3.05) is 16.4 Å². The first-order valence-corrected chi connectivity index (χ1v) is 9.61. The van der Waals surface area contributed by atoms with E-state index in [0.717, 1.165) is 11.6 Å². The number of nitrogens with one attached hydrogen (secondary N) is 2. The molecule has 1 saturated carbocycles. The predicted octanol–water partition coefficient (Wildman–Crippen LogP) is 3.27. The lowest BCUT2D eigenvalue weighted by Crippen LogP contribution is -2.26. The fraction of sp³-hybridized carbons (Fsp3) is 0.467. The minimum absolute atomic E-state index is 0.221. The average Bonchev–Trinajstić information content (AvgIpc) is 3.21. The summed E-state index contributed by atoms with van der Waals surface area (Å²) in [5, 5.41) is 14.8. The van der Waals surface area contributed by atoms with Crippen molar-refractivity contribution in [2.45, 2.75) is 37.5 Å². The lowest BCUT2D eigenvalue weighted by atomic mass is 10.2. The molecule has 2 aromatic heterocycles. The lowest BCUT2D eigenvalue weighted by Gasteiger charge is -2.20. The van der Waals surface area contributed by atoms with Crippen molar-refractivity contribution in [3.05, 3.63) is 29.4 Å². The van der Waals surface area contributed by atoms with Crippen LogP contribution in [0.2, 0.25) is 0 Å². The van der Waals surface area contributed by atoms with E-state index < -0.39 is 0 Å². The molecule has 2 N–H and O–H groups in total. The highest BCUT2D eigenvalue weighted by molar-refractivity contribution is 7.99. The first-order valence-electron chi connectivity index (χ1n) is 7.68. The number of amides is 1. The van der Waals surface area contributed by atoms with Crippen molar-refractivity contribution in [1.82, 2.24) is 15.2 Å². The lowest BCUT2D eigenvalue weighted by molar-refractivity contribution is 0.102. The van der Waals surface area contributed by atoms with Gasteiger partial charge in [-0.2, -0.15) is 11.8 Å². The van der Waals surface area contributed by atoms with Crippen molar-refractivity contribution in [3.8, 4) is 0 Å². The Morgan fingerprint density at radius 2 is 2.35 bits per heavy atom. The zero-order chi connectivity index (χ0) is 16.1. The maximum absolute atomic E-state index is 12.1. The van der Waals surface area contributed by atoms with E-state index in [2.05, 4.69) is 32.7 Å². The zero-order valence-electron chi connectivity index (χ0n) is 12.9. The molecular weight excluding hydrogens is 330 g/mol. The number of pyridine rings is 1. The highest BCUT2D eigenvalue weighted by Crippen LogP contribution is 2.31. The van der Waals surface area contributed by atoms with Gasteiger partial charge >= 0.3 is 0 Å². The van der Waals surface area contributed by atoms with E-state index >= 15 is 0 Å². The Morgan fingerprint density at radius 1 is 1.43 bits per heavy atom. The van der Waals surface area contributed by atoms with Gasteiger partial charge in [0.1, 0.15) is 11.3 Å². The van der Waals surface area contributed by atoms with E-state index in [4.69, 9.17) is 0 Å². The molecule has 1 fully saturated rings. The van der Waals surface area contributed by atoms with Gasteiger partial charge in [-0.1, -0.05) is 24.7 Å². The fourth-order valence-corrected chi connectivity index (χ4v) is 4.34. The van der Waals surface area contributed by atoms with Gasteiger partial charge in [0.2, 0.25) is 5.13 Å². The number of hydrogen-bond acceptors (Lipinski definition) is 7. The largest absolute Gasteiger partial charge is 0.366 e. The third-order valence-corrected chi connectivity index (χ3v) is 5.71. The van der Waals surface area contributed by atoms with Crippen LogP contribution in [0.15, 0.2) is 23.8 Å². The van der Waals surface area contributed by atoms with Gasteiger partial charge in [-0.15, -0.1) is 10.2 Å². The van der Waals surface area contributed by atoms with E-state index in [1.165, 1.54) is 30.6 Å². The van der Waals surface area contributed by atoms with Crippen LogP contribution < -0.4 is 10.6 Å². The van der Waals surface area contributed by atoms with Crippen LogP contribution in [0.1, 0.15) is 36.5 Å². The number of carbonyl (C=O) groups excluding carboxylic acids is 1. The molecule has 2 atom stereocenters. The second-order valence-electron chi connectivity index (χ2n) is 5.31. The molecule has 1 amide bonds. The van der Waals surface area contributed by atoms with Crippen molar-refractivity contribution in [2.24, 2.45) is 0 Å². The van der Waals surface area contributed by atoms with Gasteiger partial charge in [0.05, 0.1) is 5.56 Å². The molecule has 0 radical (unpaired) electrons. The highest BCUT2D eigenvalue weighted by atomic mass is 32.2. The Bertz CT molecular complexity index is 632. The molecule has 1 aliphatic rings. The summed E-state index contributed by atoms with van der Waals surface area (Å²) in [6.45, 7) is 2.20. The van der Waals surface area contributed by atoms with Crippen molar-refractivity contribution in [3.63, 3.8) is 0 Å². The van der Waals surface area contributed by atoms with Gasteiger partial charge in [-0.3, -0.25) is 10.1 Å². The Morgan fingerprint density at radius 3 is 3.04 bits per heavy atom. The van der Waals surface area contributed by atoms with Crippen LogP contribution in [0.4, 0.5) is 10.9 Å². The summed E-state index contributed by atoms with van der Waals surface area (Å²) >= 11 is 3.30. The maximum atomic E-state index is 12.1. The van der Waals surface area contributed by atoms with Crippen LogP contribution in [-0.4, -0.2) is 38.1 Å². The molecular formula is C15H19N5OS2. The van der Waals surface area contributed by atoms with Crippen molar-refractivity contribution >= 4 is 40.0 Å². The molecule has 8 heteroatoms. The van der Waals surface area contributed by atoms with Crippen LogP contribution in [0.5, 0.6) is 0 Å². The summed E-state index contributed by atoms with van der Waals surface area (Å²) < 4.78 is 0. The summed E-state index contributed by atoms with van der Waals surface area (Å²) in [5.41, 5.74) is 2.09. The predicted molar refractivity (Wildman–Crippen MR) is 95.3 cm³/mol. The van der Waals surface area contributed by atoms with E-state index in [0.29, 0.717) is 22.0 Å². The Kier molecular flexibility index (Phi) is 5.45. The maximum Gasteiger partial charge on any atom is 0.259 e. The second kappa shape index (κ2) is 7.74. The third kappa shape index (κ3) is 4.20. The first kappa shape index (κ1) is 16.2. The number of hydrogen-bond donors (Lipinski definition) is 2. The van der Waals surface area contributed by atoms with Gasteiger partial charge in [0, 0.05) is 17.5 Å². The molecule has 0 aromatic carbocycles.